The van der Waals surface area contributed by atoms with Crippen LogP contribution in [0.25, 0.3) is 17.2 Å². The van der Waals surface area contributed by atoms with E-state index in [1.54, 1.807) is 6.92 Å². The quantitative estimate of drug-likeness (QED) is 0.485. The second-order valence-electron chi connectivity index (χ2n) is 4.38. The molecule has 0 unspecified atom stereocenters. The van der Waals surface area contributed by atoms with Gasteiger partial charge in [0.15, 0.2) is 0 Å². The number of hydrogen-bond donors (Lipinski definition) is 0. The molecule has 0 bridgehead atoms. The molecule has 0 aromatic heterocycles. The fourth-order valence-electron chi connectivity index (χ4n) is 1.91. The smallest absolute Gasteiger partial charge is 0.348 e. The summed E-state index contributed by atoms with van der Waals surface area (Å²) in [5, 5.41) is 9.00. The lowest BCUT2D eigenvalue weighted by atomic mass is 10.0. The highest BCUT2D eigenvalue weighted by Gasteiger charge is 2.09. The van der Waals surface area contributed by atoms with E-state index in [1.807, 2.05) is 60.7 Å². The van der Waals surface area contributed by atoms with Crippen LogP contribution in [0.2, 0.25) is 0 Å². The van der Waals surface area contributed by atoms with E-state index >= 15 is 0 Å². The number of carbonyl (C=O) groups excluding carboxylic acids is 1. The van der Waals surface area contributed by atoms with Gasteiger partial charge in [0.1, 0.15) is 11.6 Å². The molecule has 0 aliphatic rings. The molecule has 0 atom stereocenters. The Kier molecular flexibility index (Phi) is 4.89. The third-order valence-electron chi connectivity index (χ3n) is 2.94. The van der Waals surface area contributed by atoms with Gasteiger partial charge in [-0.25, -0.2) is 4.79 Å². The zero-order chi connectivity index (χ0) is 15.1. The van der Waals surface area contributed by atoms with Gasteiger partial charge in [-0.3, -0.25) is 0 Å². The number of benzene rings is 2. The minimum Gasteiger partial charge on any atom is -0.462 e. The average Bonchev–Trinajstić information content (AvgIpc) is 2.54. The SMILES string of the molecule is CCOC(=O)/C(C#N)=C/c1ccc(-c2ccccc2)cc1. The van der Waals surface area contributed by atoms with Crippen LogP contribution in [0, 0.1) is 11.3 Å². The van der Waals surface area contributed by atoms with Crippen molar-refractivity contribution in [3.05, 3.63) is 65.7 Å². The number of hydrogen-bond acceptors (Lipinski definition) is 3. The Morgan fingerprint density at radius 3 is 2.29 bits per heavy atom. The first-order valence-corrected chi connectivity index (χ1v) is 6.69. The lowest BCUT2D eigenvalue weighted by Gasteiger charge is -2.03. The van der Waals surface area contributed by atoms with Crippen molar-refractivity contribution in [2.45, 2.75) is 6.92 Å². The van der Waals surface area contributed by atoms with Crippen LogP contribution in [0.1, 0.15) is 12.5 Å². The first-order valence-electron chi connectivity index (χ1n) is 6.69. The molecule has 2 aromatic rings. The highest BCUT2D eigenvalue weighted by Crippen LogP contribution is 2.20. The molecule has 3 nitrogen and oxygen atoms in total. The lowest BCUT2D eigenvalue weighted by molar-refractivity contribution is -0.137. The van der Waals surface area contributed by atoms with Gasteiger partial charge in [0.05, 0.1) is 6.61 Å². The summed E-state index contributed by atoms with van der Waals surface area (Å²) in [5.41, 5.74) is 3.00. The second kappa shape index (κ2) is 7.06. The fourth-order valence-corrected chi connectivity index (χ4v) is 1.91. The maximum Gasteiger partial charge on any atom is 0.348 e. The van der Waals surface area contributed by atoms with Crippen LogP contribution in [0.4, 0.5) is 0 Å². The van der Waals surface area contributed by atoms with Crippen molar-refractivity contribution in [1.82, 2.24) is 0 Å². The standard InChI is InChI=1S/C18H15NO2/c1-2-21-18(20)17(13-19)12-14-8-10-16(11-9-14)15-6-4-3-5-7-15/h3-12H,2H2,1H3/b17-12+. The third kappa shape index (κ3) is 3.80. The van der Waals surface area contributed by atoms with Crippen LogP contribution in [-0.4, -0.2) is 12.6 Å². The van der Waals surface area contributed by atoms with Crippen molar-refractivity contribution in [2.24, 2.45) is 0 Å². The molecule has 0 aliphatic carbocycles. The van der Waals surface area contributed by atoms with Crippen molar-refractivity contribution in [3.8, 4) is 17.2 Å². The van der Waals surface area contributed by atoms with Crippen LogP contribution in [-0.2, 0) is 9.53 Å². The van der Waals surface area contributed by atoms with Gasteiger partial charge in [0, 0.05) is 0 Å². The Hall–Kier alpha value is -2.86. The number of esters is 1. The van der Waals surface area contributed by atoms with Gasteiger partial charge in [-0.05, 0) is 29.7 Å². The summed E-state index contributed by atoms with van der Waals surface area (Å²) in [6.45, 7) is 1.96. The van der Waals surface area contributed by atoms with E-state index in [9.17, 15) is 4.79 Å². The summed E-state index contributed by atoms with van der Waals surface area (Å²) < 4.78 is 4.83. The molecule has 0 amide bonds. The maximum atomic E-state index is 11.6. The number of nitrogens with zero attached hydrogens (tertiary/aromatic N) is 1. The summed E-state index contributed by atoms with van der Waals surface area (Å²) >= 11 is 0. The zero-order valence-electron chi connectivity index (χ0n) is 11.7. The van der Waals surface area contributed by atoms with Gasteiger partial charge in [0.2, 0.25) is 0 Å². The summed E-state index contributed by atoms with van der Waals surface area (Å²) in [6, 6.07) is 19.5. The molecule has 0 radical (unpaired) electrons. The molecule has 2 rings (SSSR count). The molecule has 0 heterocycles. The summed E-state index contributed by atoms with van der Waals surface area (Å²) in [5.74, 6) is -0.591. The van der Waals surface area contributed by atoms with Crippen LogP contribution in [0.5, 0.6) is 0 Å². The molecule has 0 saturated carbocycles. The Bertz CT molecular complexity index is 679. The first-order chi connectivity index (χ1) is 10.2. The Morgan fingerprint density at radius 2 is 1.71 bits per heavy atom. The monoisotopic (exact) mass is 277 g/mol. The van der Waals surface area contributed by atoms with Crippen molar-refractivity contribution >= 4 is 12.0 Å². The predicted molar refractivity (Wildman–Crippen MR) is 82.1 cm³/mol. The van der Waals surface area contributed by atoms with Crippen molar-refractivity contribution in [2.75, 3.05) is 6.61 Å². The zero-order valence-corrected chi connectivity index (χ0v) is 11.7. The summed E-state index contributed by atoms with van der Waals surface area (Å²) in [6.07, 6.45) is 1.53. The van der Waals surface area contributed by atoms with Crippen LogP contribution in [0.15, 0.2) is 60.2 Å². The number of nitriles is 1. The lowest BCUT2D eigenvalue weighted by Crippen LogP contribution is -2.05. The van der Waals surface area contributed by atoms with Crippen molar-refractivity contribution in [1.29, 1.82) is 5.26 Å². The molecule has 21 heavy (non-hydrogen) atoms. The molecule has 0 fully saturated rings. The number of rotatable bonds is 4. The van der Waals surface area contributed by atoms with Gasteiger partial charge in [-0.2, -0.15) is 5.26 Å². The van der Waals surface area contributed by atoms with E-state index in [2.05, 4.69) is 0 Å². The van der Waals surface area contributed by atoms with Gasteiger partial charge < -0.3 is 4.74 Å². The first kappa shape index (κ1) is 14.5. The van der Waals surface area contributed by atoms with Gasteiger partial charge in [-0.15, -0.1) is 0 Å². The Labute approximate surface area is 124 Å². The van der Waals surface area contributed by atoms with Gasteiger partial charge in [0.25, 0.3) is 0 Å². The fraction of sp³-hybridized carbons (Fsp3) is 0.111. The minimum atomic E-state index is -0.591. The molecule has 0 aliphatic heterocycles. The largest absolute Gasteiger partial charge is 0.462 e. The average molecular weight is 277 g/mol. The van der Waals surface area contributed by atoms with Crippen LogP contribution >= 0.6 is 0 Å². The van der Waals surface area contributed by atoms with E-state index in [-0.39, 0.29) is 12.2 Å². The van der Waals surface area contributed by atoms with Gasteiger partial charge in [-0.1, -0.05) is 54.6 Å². The predicted octanol–water partition coefficient (Wildman–Crippen LogP) is 3.82. The Balaban J connectivity index is 2.23. The van der Waals surface area contributed by atoms with E-state index in [0.717, 1.165) is 16.7 Å². The van der Waals surface area contributed by atoms with E-state index in [1.165, 1.54) is 6.08 Å². The third-order valence-corrected chi connectivity index (χ3v) is 2.94. The van der Waals surface area contributed by atoms with Crippen LogP contribution in [0.3, 0.4) is 0 Å². The van der Waals surface area contributed by atoms with Crippen molar-refractivity contribution in [3.63, 3.8) is 0 Å². The molecule has 3 heteroatoms. The summed E-state index contributed by atoms with van der Waals surface area (Å²) in [4.78, 5) is 11.6. The van der Waals surface area contributed by atoms with E-state index in [4.69, 9.17) is 10.00 Å². The van der Waals surface area contributed by atoms with E-state index < -0.39 is 5.97 Å². The molecule has 104 valence electrons. The molecular formula is C18H15NO2. The van der Waals surface area contributed by atoms with Crippen LogP contribution < -0.4 is 0 Å². The number of ether oxygens (including phenoxy) is 1. The molecular weight excluding hydrogens is 262 g/mol. The molecule has 0 saturated heterocycles. The highest BCUT2D eigenvalue weighted by molar-refractivity contribution is 5.97. The van der Waals surface area contributed by atoms with Crippen molar-refractivity contribution < 1.29 is 9.53 Å². The normalized spacial score (nSPS) is 10.8. The summed E-state index contributed by atoms with van der Waals surface area (Å²) in [7, 11) is 0. The minimum absolute atomic E-state index is 0.00399. The topological polar surface area (TPSA) is 50.1 Å². The van der Waals surface area contributed by atoms with Gasteiger partial charge >= 0.3 is 5.97 Å². The molecule has 2 aromatic carbocycles. The maximum absolute atomic E-state index is 11.6. The highest BCUT2D eigenvalue weighted by atomic mass is 16.5. The molecule has 0 N–H and O–H groups in total. The number of carbonyl (C=O) groups is 1. The second-order valence-corrected chi connectivity index (χ2v) is 4.38. The van der Waals surface area contributed by atoms with E-state index in [0.29, 0.717) is 0 Å². The molecule has 0 spiro atoms. The Morgan fingerprint density at radius 1 is 1.10 bits per heavy atom.